The number of hydrogen-bond donors (Lipinski definition) is 1. The zero-order chi connectivity index (χ0) is 18.1. The number of phenolic OH excluding ortho intramolecular Hbond substituents is 1. The second kappa shape index (κ2) is 9.67. The van der Waals surface area contributed by atoms with E-state index in [-0.39, 0.29) is 11.7 Å². The molecule has 0 aliphatic carbocycles. The largest absolute Gasteiger partial charge is 0.508 e. The molecular formula is C22H26O3. The molecule has 0 unspecified atom stereocenters. The Balaban J connectivity index is 1.66. The van der Waals surface area contributed by atoms with Crippen LogP contribution in [0.15, 0.2) is 60.7 Å². The quantitative estimate of drug-likeness (QED) is 0.384. The van der Waals surface area contributed by atoms with Crippen molar-refractivity contribution >= 4 is 5.97 Å². The first-order chi connectivity index (χ1) is 12.1. The number of phenols is 1. The highest BCUT2D eigenvalue weighted by molar-refractivity contribution is 5.86. The van der Waals surface area contributed by atoms with Gasteiger partial charge in [-0.15, -0.1) is 0 Å². The lowest BCUT2D eigenvalue weighted by Crippen LogP contribution is -2.06. The van der Waals surface area contributed by atoms with E-state index in [1.54, 1.807) is 19.1 Å². The van der Waals surface area contributed by atoms with E-state index in [0.29, 0.717) is 12.2 Å². The number of esters is 1. The van der Waals surface area contributed by atoms with Gasteiger partial charge >= 0.3 is 5.97 Å². The Morgan fingerprint density at radius 2 is 1.48 bits per heavy atom. The zero-order valence-corrected chi connectivity index (χ0v) is 14.8. The molecule has 0 aliphatic heterocycles. The number of ether oxygens (including phenoxy) is 1. The van der Waals surface area contributed by atoms with Crippen LogP contribution in [0.25, 0.3) is 11.1 Å². The van der Waals surface area contributed by atoms with Gasteiger partial charge in [-0.1, -0.05) is 55.8 Å². The minimum atomic E-state index is -0.297. The zero-order valence-electron chi connectivity index (χ0n) is 14.8. The van der Waals surface area contributed by atoms with E-state index < -0.39 is 0 Å². The van der Waals surface area contributed by atoms with Gasteiger partial charge in [-0.25, -0.2) is 4.79 Å². The minimum Gasteiger partial charge on any atom is -0.508 e. The van der Waals surface area contributed by atoms with Crippen LogP contribution < -0.4 is 0 Å². The molecule has 2 aromatic carbocycles. The van der Waals surface area contributed by atoms with Crippen molar-refractivity contribution in [2.45, 2.75) is 39.0 Å². The molecule has 0 aromatic heterocycles. The molecule has 0 atom stereocenters. The third-order valence-electron chi connectivity index (χ3n) is 4.10. The van der Waals surface area contributed by atoms with Crippen molar-refractivity contribution in [2.24, 2.45) is 0 Å². The second-order valence-corrected chi connectivity index (χ2v) is 6.32. The van der Waals surface area contributed by atoms with Gasteiger partial charge in [0.25, 0.3) is 0 Å². The van der Waals surface area contributed by atoms with Crippen LogP contribution in [-0.4, -0.2) is 17.7 Å². The molecular weight excluding hydrogens is 312 g/mol. The number of benzene rings is 2. The maximum absolute atomic E-state index is 11.2. The maximum Gasteiger partial charge on any atom is 0.333 e. The smallest absolute Gasteiger partial charge is 0.333 e. The SMILES string of the molecule is C=C(C)C(=O)OCCCCCCc1ccc(-c2ccc(O)cc2)cc1. The maximum atomic E-state index is 11.2. The van der Waals surface area contributed by atoms with E-state index >= 15 is 0 Å². The van der Waals surface area contributed by atoms with E-state index in [1.807, 2.05) is 12.1 Å². The number of rotatable bonds is 9. The Labute approximate surface area is 150 Å². The molecule has 0 radical (unpaired) electrons. The molecule has 0 saturated carbocycles. The van der Waals surface area contributed by atoms with Gasteiger partial charge in [-0.2, -0.15) is 0 Å². The van der Waals surface area contributed by atoms with Crippen LogP contribution in [0.1, 0.15) is 38.2 Å². The van der Waals surface area contributed by atoms with Crippen LogP contribution in [0.3, 0.4) is 0 Å². The van der Waals surface area contributed by atoms with Crippen molar-refractivity contribution in [3.8, 4) is 16.9 Å². The topological polar surface area (TPSA) is 46.5 Å². The normalized spacial score (nSPS) is 10.4. The van der Waals surface area contributed by atoms with Crippen molar-refractivity contribution in [3.05, 3.63) is 66.2 Å². The lowest BCUT2D eigenvalue weighted by Gasteiger charge is -2.06. The van der Waals surface area contributed by atoms with Crippen LogP contribution >= 0.6 is 0 Å². The summed E-state index contributed by atoms with van der Waals surface area (Å²) < 4.78 is 5.08. The van der Waals surface area contributed by atoms with E-state index in [2.05, 4.69) is 30.8 Å². The summed E-state index contributed by atoms with van der Waals surface area (Å²) in [7, 11) is 0. The highest BCUT2D eigenvalue weighted by Crippen LogP contribution is 2.22. The average Bonchev–Trinajstić information content (AvgIpc) is 2.62. The van der Waals surface area contributed by atoms with Crippen molar-refractivity contribution < 1.29 is 14.6 Å². The van der Waals surface area contributed by atoms with Gasteiger partial charge in [0, 0.05) is 5.57 Å². The summed E-state index contributed by atoms with van der Waals surface area (Å²) in [5.74, 6) is -0.0107. The molecule has 3 nitrogen and oxygen atoms in total. The predicted molar refractivity (Wildman–Crippen MR) is 101 cm³/mol. The van der Waals surface area contributed by atoms with E-state index in [9.17, 15) is 9.90 Å². The molecule has 0 spiro atoms. The molecule has 0 amide bonds. The van der Waals surface area contributed by atoms with E-state index in [1.165, 1.54) is 5.56 Å². The first-order valence-electron chi connectivity index (χ1n) is 8.77. The Bertz CT molecular complexity index is 684. The number of hydrogen-bond acceptors (Lipinski definition) is 3. The van der Waals surface area contributed by atoms with E-state index in [0.717, 1.165) is 43.2 Å². The lowest BCUT2D eigenvalue weighted by molar-refractivity contribution is -0.139. The van der Waals surface area contributed by atoms with Crippen molar-refractivity contribution in [2.75, 3.05) is 6.61 Å². The van der Waals surface area contributed by atoms with Crippen LogP contribution in [0, 0.1) is 0 Å². The summed E-state index contributed by atoms with van der Waals surface area (Å²) in [5.41, 5.74) is 4.05. The summed E-state index contributed by atoms with van der Waals surface area (Å²) in [4.78, 5) is 11.2. The fourth-order valence-electron chi connectivity index (χ4n) is 2.59. The first kappa shape index (κ1) is 18.8. The summed E-state index contributed by atoms with van der Waals surface area (Å²) in [6.07, 6.45) is 5.28. The molecule has 0 bridgehead atoms. The molecule has 3 heteroatoms. The molecule has 132 valence electrons. The minimum absolute atomic E-state index is 0.287. The number of carbonyl (C=O) groups excluding carboxylic acids is 1. The molecule has 1 N–H and O–H groups in total. The van der Waals surface area contributed by atoms with Crippen molar-refractivity contribution in [1.29, 1.82) is 0 Å². The van der Waals surface area contributed by atoms with Gasteiger partial charge in [-0.05, 0) is 55.0 Å². The molecule has 2 rings (SSSR count). The molecule has 0 heterocycles. The van der Waals surface area contributed by atoms with Crippen LogP contribution in [0.2, 0.25) is 0 Å². The fraction of sp³-hybridized carbons (Fsp3) is 0.318. The summed E-state index contributed by atoms with van der Waals surface area (Å²) in [5, 5.41) is 9.35. The fourth-order valence-corrected chi connectivity index (χ4v) is 2.59. The van der Waals surface area contributed by atoms with Gasteiger partial charge in [0.15, 0.2) is 0 Å². The van der Waals surface area contributed by atoms with Gasteiger partial charge < -0.3 is 9.84 Å². The van der Waals surface area contributed by atoms with Gasteiger partial charge in [0.1, 0.15) is 5.75 Å². The highest BCUT2D eigenvalue weighted by atomic mass is 16.5. The molecule has 2 aromatic rings. The molecule has 25 heavy (non-hydrogen) atoms. The van der Waals surface area contributed by atoms with Crippen LogP contribution in [-0.2, 0) is 16.0 Å². The molecule has 0 saturated heterocycles. The number of aromatic hydroxyl groups is 1. The predicted octanol–water partition coefficient (Wildman–Crippen LogP) is 5.28. The number of carbonyl (C=O) groups is 1. The van der Waals surface area contributed by atoms with Crippen LogP contribution in [0.5, 0.6) is 5.75 Å². The summed E-state index contributed by atoms with van der Waals surface area (Å²) in [6.45, 7) is 5.70. The summed E-state index contributed by atoms with van der Waals surface area (Å²) >= 11 is 0. The molecule has 0 fully saturated rings. The number of aryl methyl sites for hydroxylation is 1. The van der Waals surface area contributed by atoms with Crippen molar-refractivity contribution in [3.63, 3.8) is 0 Å². The first-order valence-corrected chi connectivity index (χ1v) is 8.77. The second-order valence-electron chi connectivity index (χ2n) is 6.32. The van der Waals surface area contributed by atoms with E-state index in [4.69, 9.17) is 4.74 Å². The average molecular weight is 338 g/mol. The Morgan fingerprint density at radius 1 is 0.920 bits per heavy atom. The monoisotopic (exact) mass is 338 g/mol. The molecule has 0 aliphatic rings. The number of unbranched alkanes of at least 4 members (excludes halogenated alkanes) is 3. The Morgan fingerprint density at radius 3 is 2.08 bits per heavy atom. The highest BCUT2D eigenvalue weighted by Gasteiger charge is 2.02. The van der Waals surface area contributed by atoms with Gasteiger partial charge in [0.2, 0.25) is 0 Å². The summed E-state index contributed by atoms with van der Waals surface area (Å²) in [6, 6.07) is 15.8. The Kier molecular flexibility index (Phi) is 7.27. The third kappa shape index (κ3) is 6.46. The van der Waals surface area contributed by atoms with Gasteiger partial charge in [-0.3, -0.25) is 0 Å². The standard InChI is InChI=1S/C22H26O3/c1-17(2)22(24)25-16-6-4-3-5-7-18-8-10-19(11-9-18)20-12-14-21(23)15-13-20/h8-15,23H,1,3-7,16H2,2H3. The van der Waals surface area contributed by atoms with Gasteiger partial charge in [0.05, 0.1) is 6.61 Å². The lowest BCUT2D eigenvalue weighted by atomic mass is 10.0. The van der Waals surface area contributed by atoms with Crippen molar-refractivity contribution in [1.82, 2.24) is 0 Å². The van der Waals surface area contributed by atoms with Crippen LogP contribution in [0.4, 0.5) is 0 Å². The Hall–Kier alpha value is -2.55. The third-order valence-corrected chi connectivity index (χ3v) is 4.10.